The first-order valence-electron chi connectivity index (χ1n) is 11.7. The molecule has 0 fully saturated rings. The van der Waals surface area contributed by atoms with Crippen molar-refractivity contribution in [1.29, 1.82) is 5.26 Å². The van der Waals surface area contributed by atoms with E-state index in [1.807, 2.05) is 37.6 Å². The van der Waals surface area contributed by atoms with Crippen LogP contribution in [-0.4, -0.2) is 31.4 Å². The second-order valence-corrected chi connectivity index (χ2v) is 10.4. The molecule has 4 aromatic rings. The molecule has 2 aromatic heterocycles. The second kappa shape index (κ2) is 10.8. The van der Waals surface area contributed by atoms with Crippen LogP contribution < -0.4 is 19.9 Å². The third kappa shape index (κ3) is 5.81. The largest absolute Gasteiger partial charge is 0.496 e. The number of carbonyl (C=O) groups excluding carboxylic acids is 1. The zero-order valence-electron chi connectivity index (χ0n) is 21.6. The van der Waals surface area contributed by atoms with Crippen molar-refractivity contribution in [2.75, 3.05) is 12.8 Å². The molecule has 2 aromatic carbocycles. The van der Waals surface area contributed by atoms with Gasteiger partial charge in [0.1, 0.15) is 22.9 Å². The standard InChI is InChI=1S/C28H25N5O5S/c1-16-12-17(2)26(18(3)13-16)38-28-20(27(34)33-39(35,36)25-7-5-6-24(30)32-25)9-10-22(31-28)21-14-19(15-29)8-11-23(21)37-4/h5-14H,1-4H3,(H2,30,32)(H,33,34). The first-order chi connectivity index (χ1) is 18.5. The van der Waals surface area contributed by atoms with Crippen molar-refractivity contribution in [3.8, 4) is 34.7 Å². The number of amides is 1. The van der Waals surface area contributed by atoms with Crippen molar-refractivity contribution in [2.24, 2.45) is 0 Å². The molecule has 0 radical (unpaired) electrons. The van der Waals surface area contributed by atoms with Crippen LogP contribution in [0.5, 0.6) is 17.4 Å². The van der Waals surface area contributed by atoms with Gasteiger partial charge >= 0.3 is 0 Å². The van der Waals surface area contributed by atoms with E-state index in [2.05, 4.69) is 16.0 Å². The maximum Gasteiger partial charge on any atom is 0.281 e. The van der Waals surface area contributed by atoms with Gasteiger partial charge in [0.25, 0.3) is 15.9 Å². The molecule has 3 N–H and O–H groups in total. The number of benzene rings is 2. The Labute approximate surface area is 226 Å². The van der Waals surface area contributed by atoms with Crippen LogP contribution in [0, 0.1) is 32.1 Å². The highest BCUT2D eigenvalue weighted by atomic mass is 32.2. The lowest BCUT2D eigenvalue weighted by molar-refractivity contribution is 0.0978. The first kappa shape index (κ1) is 27.1. The molecule has 1 amide bonds. The average Bonchev–Trinajstić information content (AvgIpc) is 2.90. The second-order valence-electron chi connectivity index (χ2n) is 8.74. The number of aryl methyl sites for hydroxylation is 3. The number of nitrogens with two attached hydrogens (primary N) is 1. The number of nitrogens with zero attached hydrogens (tertiary/aromatic N) is 3. The SMILES string of the molecule is COc1ccc(C#N)cc1-c1ccc(C(=O)NS(=O)(=O)c2cccc(N)n2)c(Oc2c(C)cc(C)cc2C)n1. The van der Waals surface area contributed by atoms with Crippen molar-refractivity contribution in [1.82, 2.24) is 14.7 Å². The number of carbonyl (C=O) groups is 1. The Morgan fingerprint density at radius 2 is 1.72 bits per heavy atom. The number of anilines is 1. The average molecular weight is 544 g/mol. The summed E-state index contributed by atoms with van der Waals surface area (Å²) in [5.41, 5.74) is 9.31. The Bertz CT molecular complexity index is 1720. The highest BCUT2D eigenvalue weighted by Crippen LogP contribution is 2.35. The minimum atomic E-state index is -4.35. The van der Waals surface area contributed by atoms with Crippen LogP contribution in [-0.2, 0) is 10.0 Å². The Morgan fingerprint density at radius 1 is 1.00 bits per heavy atom. The smallest absolute Gasteiger partial charge is 0.281 e. The van der Waals surface area contributed by atoms with Gasteiger partial charge in [-0.15, -0.1) is 0 Å². The predicted molar refractivity (Wildman–Crippen MR) is 145 cm³/mol. The van der Waals surface area contributed by atoms with Gasteiger partial charge in [0.05, 0.1) is 24.4 Å². The number of ether oxygens (including phenoxy) is 2. The minimum absolute atomic E-state index is 0.0146. The van der Waals surface area contributed by atoms with E-state index in [4.69, 9.17) is 15.2 Å². The molecular formula is C28H25N5O5S. The van der Waals surface area contributed by atoms with E-state index in [0.717, 1.165) is 16.7 Å². The quantitative estimate of drug-likeness (QED) is 0.344. The molecule has 2 heterocycles. The monoisotopic (exact) mass is 543 g/mol. The molecule has 0 spiro atoms. The van der Waals surface area contributed by atoms with Crippen LogP contribution in [0.15, 0.2) is 65.7 Å². The molecule has 0 bridgehead atoms. The Hall–Kier alpha value is -4.95. The molecule has 4 rings (SSSR count). The molecule has 39 heavy (non-hydrogen) atoms. The molecule has 11 heteroatoms. The number of hydrogen-bond donors (Lipinski definition) is 2. The van der Waals surface area contributed by atoms with Crippen LogP contribution in [0.2, 0.25) is 0 Å². The maximum atomic E-state index is 13.3. The molecule has 10 nitrogen and oxygen atoms in total. The van der Waals surface area contributed by atoms with Gasteiger partial charge < -0.3 is 15.2 Å². The van der Waals surface area contributed by atoms with E-state index in [1.54, 1.807) is 18.2 Å². The highest BCUT2D eigenvalue weighted by Gasteiger charge is 2.25. The summed E-state index contributed by atoms with van der Waals surface area (Å²) in [6.45, 7) is 5.66. The van der Waals surface area contributed by atoms with Crippen molar-refractivity contribution >= 4 is 21.7 Å². The van der Waals surface area contributed by atoms with Crippen molar-refractivity contribution < 1.29 is 22.7 Å². The van der Waals surface area contributed by atoms with E-state index < -0.39 is 21.0 Å². The molecule has 0 aliphatic carbocycles. The summed E-state index contributed by atoms with van der Waals surface area (Å²) in [7, 11) is -2.87. The normalized spacial score (nSPS) is 10.9. The fraction of sp³-hybridized carbons (Fsp3) is 0.143. The summed E-state index contributed by atoms with van der Waals surface area (Å²) in [4.78, 5) is 21.6. The topological polar surface area (TPSA) is 157 Å². The van der Waals surface area contributed by atoms with Crippen LogP contribution in [0.3, 0.4) is 0 Å². The third-order valence-corrected chi connectivity index (χ3v) is 6.99. The van der Waals surface area contributed by atoms with E-state index in [0.29, 0.717) is 28.3 Å². The maximum absolute atomic E-state index is 13.3. The van der Waals surface area contributed by atoms with E-state index in [9.17, 15) is 18.5 Å². The van der Waals surface area contributed by atoms with Gasteiger partial charge in [-0.05, 0) is 74.4 Å². The lowest BCUT2D eigenvalue weighted by Crippen LogP contribution is -2.31. The lowest BCUT2D eigenvalue weighted by Gasteiger charge is -2.16. The van der Waals surface area contributed by atoms with Gasteiger partial charge in [0, 0.05) is 5.56 Å². The van der Waals surface area contributed by atoms with Gasteiger partial charge in [-0.3, -0.25) is 4.79 Å². The molecule has 0 aliphatic heterocycles. The van der Waals surface area contributed by atoms with Gasteiger partial charge in [-0.2, -0.15) is 13.7 Å². The molecule has 198 valence electrons. The Kier molecular flexibility index (Phi) is 7.51. The van der Waals surface area contributed by atoms with Crippen LogP contribution in [0.4, 0.5) is 5.82 Å². The van der Waals surface area contributed by atoms with Crippen molar-refractivity contribution in [3.05, 3.63) is 88.5 Å². The number of pyridine rings is 2. The number of sulfonamides is 1. The number of nitrogen functional groups attached to an aromatic ring is 1. The summed E-state index contributed by atoms with van der Waals surface area (Å²) in [5.74, 6) is -0.215. The van der Waals surface area contributed by atoms with Gasteiger partial charge in [0.2, 0.25) is 5.88 Å². The Morgan fingerprint density at radius 3 is 2.36 bits per heavy atom. The summed E-state index contributed by atoms with van der Waals surface area (Å²) < 4.78 is 39.4. The fourth-order valence-corrected chi connectivity index (χ4v) is 4.99. The van der Waals surface area contributed by atoms with Crippen LogP contribution in [0.1, 0.15) is 32.6 Å². The van der Waals surface area contributed by atoms with Gasteiger partial charge in [-0.25, -0.2) is 14.7 Å². The number of nitrogens with one attached hydrogen (secondary N) is 1. The summed E-state index contributed by atoms with van der Waals surface area (Å²) in [5, 5.41) is 8.97. The van der Waals surface area contributed by atoms with Gasteiger partial charge in [0.15, 0.2) is 5.03 Å². The number of aromatic nitrogens is 2. The van der Waals surface area contributed by atoms with Crippen LogP contribution in [0.25, 0.3) is 11.3 Å². The highest BCUT2D eigenvalue weighted by molar-refractivity contribution is 7.90. The lowest BCUT2D eigenvalue weighted by atomic mass is 10.1. The summed E-state index contributed by atoms with van der Waals surface area (Å²) in [6.07, 6.45) is 0. The van der Waals surface area contributed by atoms with Crippen molar-refractivity contribution in [2.45, 2.75) is 25.8 Å². The first-order valence-corrected chi connectivity index (χ1v) is 13.2. The molecule has 0 unspecified atom stereocenters. The molecule has 0 saturated heterocycles. The number of hydrogen-bond acceptors (Lipinski definition) is 9. The predicted octanol–water partition coefficient (Wildman–Crippen LogP) is 4.44. The Balaban J connectivity index is 1.83. The zero-order chi connectivity index (χ0) is 28.3. The van der Waals surface area contributed by atoms with Gasteiger partial charge in [-0.1, -0.05) is 23.8 Å². The van der Waals surface area contributed by atoms with Crippen molar-refractivity contribution in [3.63, 3.8) is 0 Å². The van der Waals surface area contributed by atoms with Crippen LogP contribution >= 0.6 is 0 Å². The van der Waals surface area contributed by atoms with E-state index in [1.165, 1.54) is 37.4 Å². The number of nitriles is 1. The zero-order valence-corrected chi connectivity index (χ0v) is 22.5. The molecular weight excluding hydrogens is 518 g/mol. The number of rotatable bonds is 7. The summed E-state index contributed by atoms with van der Waals surface area (Å²) >= 11 is 0. The molecule has 0 saturated carbocycles. The van der Waals surface area contributed by atoms with E-state index in [-0.39, 0.29) is 17.3 Å². The van der Waals surface area contributed by atoms with E-state index >= 15 is 0 Å². The fourth-order valence-electron chi connectivity index (χ4n) is 4.05. The molecule has 0 aliphatic rings. The molecule has 0 atom stereocenters. The third-order valence-electron chi connectivity index (χ3n) is 5.76. The summed E-state index contributed by atoms with van der Waals surface area (Å²) in [6, 6.07) is 17.7. The minimum Gasteiger partial charge on any atom is -0.496 e. The number of methoxy groups -OCH3 is 1.